The largest absolute Gasteiger partial charge is 0.370 e. The topological polar surface area (TPSA) is 50.4 Å². The molecule has 1 unspecified atom stereocenters. The van der Waals surface area contributed by atoms with Crippen LogP contribution in [0.25, 0.3) is 0 Å². The van der Waals surface area contributed by atoms with Gasteiger partial charge in [0.05, 0.1) is 11.7 Å². The molecule has 0 radical (unpaired) electrons. The Hall–Kier alpha value is -1.65. The first-order valence-electron chi connectivity index (χ1n) is 7.14. The molecule has 2 fully saturated rings. The summed E-state index contributed by atoms with van der Waals surface area (Å²) in [4.78, 5) is 4.48. The van der Waals surface area contributed by atoms with E-state index in [0.717, 1.165) is 24.6 Å². The van der Waals surface area contributed by atoms with Gasteiger partial charge in [0.2, 0.25) is 0 Å². The second kappa shape index (κ2) is 5.04. The highest BCUT2D eigenvalue weighted by atomic mass is 19.1. The summed E-state index contributed by atoms with van der Waals surface area (Å²) >= 11 is 0. The number of rotatable bonds is 2. The minimum absolute atomic E-state index is 0.0334. The number of nitrogens with two attached hydrogens (primary N) is 1. The Morgan fingerprint density at radius 3 is 2.65 bits per heavy atom. The number of aliphatic imine (C=N–C) groups is 1. The Labute approximate surface area is 117 Å². The third kappa shape index (κ3) is 2.37. The van der Waals surface area contributed by atoms with E-state index in [4.69, 9.17) is 5.73 Å². The second-order valence-corrected chi connectivity index (χ2v) is 5.89. The molecule has 20 heavy (non-hydrogen) atoms. The molecule has 1 aromatic rings. The van der Waals surface area contributed by atoms with E-state index in [9.17, 15) is 8.78 Å². The van der Waals surface area contributed by atoms with Crippen molar-refractivity contribution >= 4 is 11.6 Å². The maximum absolute atomic E-state index is 13.5. The molecular formula is C15H19F2N3. The number of nitrogens with zero attached hydrogens (tertiary/aromatic N) is 1. The van der Waals surface area contributed by atoms with E-state index in [0.29, 0.717) is 5.41 Å². The lowest BCUT2D eigenvalue weighted by atomic mass is 9.63. The van der Waals surface area contributed by atoms with Crippen molar-refractivity contribution < 1.29 is 8.78 Å². The molecule has 0 heterocycles. The smallest absolute Gasteiger partial charge is 0.193 e. The lowest BCUT2D eigenvalue weighted by molar-refractivity contribution is 0.104. The van der Waals surface area contributed by atoms with Crippen molar-refractivity contribution in [3.63, 3.8) is 0 Å². The van der Waals surface area contributed by atoms with Crippen LogP contribution < -0.4 is 11.1 Å². The Kier molecular flexibility index (Phi) is 3.36. The molecule has 0 aliphatic heterocycles. The Balaban J connectivity index is 1.71. The maximum Gasteiger partial charge on any atom is 0.193 e. The summed E-state index contributed by atoms with van der Waals surface area (Å²) in [6.45, 7) is 0. The van der Waals surface area contributed by atoms with Crippen LogP contribution in [0.5, 0.6) is 0 Å². The normalized spacial score (nSPS) is 24.7. The van der Waals surface area contributed by atoms with Gasteiger partial charge in [0, 0.05) is 6.07 Å². The highest BCUT2D eigenvalue weighted by molar-refractivity contribution is 5.92. The van der Waals surface area contributed by atoms with Gasteiger partial charge in [-0.25, -0.2) is 13.8 Å². The van der Waals surface area contributed by atoms with E-state index in [2.05, 4.69) is 10.3 Å². The molecular weight excluding hydrogens is 260 g/mol. The van der Waals surface area contributed by atoms with Crippen molar-refractivity contribution in [3.8, 4) is 0 Å². The monoisotopic (exact) mass is 279 g/mol. The number of guanidine groups is 1. The van der Waals surface area contributed by atoms with Crippen LogP contribution in [0.15, 0.2) is 23.2 Å². The van der Waals surface area contributed by atoms with Crippen LogP contribution in [-0.2, 0) is 0 Å². The van der Waals surface area contributed by atoms with Crippen molar-refractivity contribution in [3.05, 3.63) is 29.8 Å². The average Bonchev–Trinajstić information content (AvgIpc) is 2.91. The van der Waals surface area contributed by atoms with Crippen LogP contribution in [0, 0.1) is 17.0 Å². The van der Waals surface area contributed by atoms with Gasteiger partial charge in [-0.05, 0) is 43.2 Å². The lowest BCUT2D eigenvalue weighted by Gasteiger charge is -2.45. The molecule has 1 atom stereocenters. The van der Waals surface area contributed by atoms with Gasteiger partial charge in [-0.1, -0.05) is 12.8 Å². The van der Waals surface area contributed by atoms with Crippen molar-refractivity contribution in [1.29, 1.82) is 0 Å². The summed E-state index contributed by atoms with van der Waals surface area (Å²) in [5, 5.41) is 2.67. The highest BCUT2D eigenvalue weighted by Gasteiger charge is 2.48. The molecule has 108 valence electrons. The number of anilines is 1. The molecule has 3 N–H and O–H groups in total. The van der Waals surface area contributed by atoms with E-state index < -0.39 is 11.6 Å². The van der Waals surface area contributed by atoms with Gasteiger partial charge < -0.3 is 11.1 Å². The number of benzene rings is 1. The van der Waals surface area contributed by atoms with Gasteiger partial charge in [-0.3, -0.25) is 0 Å². The lowest BCUT2D eigenvalue weighted by Crippen LogP contribution is -2.43. The summed E-state index contributed by atoms with van der Waals surface area (Å²) in [6.07, 6.45) is 7.19. The predicted octanol–water partition coefficient (Wildman–Crippen LogP) is 3.41. The zero-order valence-corrected chi connectivity index (χ0v) is 11.3. The predicted molar refractivity (Wildman–Crippen MR) is 75.5 cm³/mol. The molecule has 0 aromatic heterocycles. The summed E-state index contributed by atoms with van der Waals surface area (Å²) in [7, 11) is 0. The minimum Gasteiger partial charge on any atom is -0.370 e. The molecule has 0 saturated heterocycles. The minimum atomic E-state index is -0.534. The van der Waals surface area contributed by atoms with E-state index in [1.807, 2.05) is 0 Å². The maximum atomic E-state index is 13.5. The number of halogens is 2. The molecule has 2 saturated carbocycles. The van der Waals surface area contributed by atoms with Gasteiger partial charge in [0.1, 0.15) is 11.6 Å². The standard InChI is InChI=1S/C15H19F2N3/c16-10-3-4-11(17)12(9-10)19-14(18)20-13-5-8-15(13)6-1-2-7-15/h3-4,9,13H,1-2,5-8H2,(H3,18,19,20). The zero-order valence-electron chi connectivity index (χ0n) is 11.3. The average molecular weight is 279 g/mol. The van der Waals surface area contributed by atoms with Crippen LogP contribution >= 0.6 is 0 Å². The molecule has 0 bridgehead atoms. The number of hydrogen-bond acceptors (Lipinski definition) is 1. The van der Waals surface area contributed by atoms with Crippen molar-refractivity contribution in [2.45, 2.75) is 44.6 Å². The van der Waals surface area contributed by atoms with E-state index in [1.165, 1.54) is 32.1 Å². The fourth-order valence-corrected chi connectivity index (χ4v) is 3.48. The van der Waals surface area contributed by atoms with Crippen molar-refractivity contribution in [2.75, 3.05) is 5.32 Å². The van der Waals surface area contributed by atoms with Gasteiger partial charge in [-0.15, -0.1) is 0 Å². The molecule has 0 amide bonds. The van der Waals surface area contributed by atoms with Crippen LogP contribution in [-0.4, -0.2) is 12.0 Å². The third-order valence-corrected chi connectivity index (χ3v) is 4.71. The summed E-state index contributed by atoms with van der Waals surface area (Å²) in [5.74, 6) is -0.864. The molecule has 2 aliphatic carbocycles. The first-order chi connectivity index (χ1) is 9.59. The number of nitrogens with one attached hydrogen (secondary N) is 1. The first-order valence-corrected chi connectivity index (χ1v) is 7.14. The molecule has 3 rings (SSSR count). The highest BCUT2D eigenvalue weighted by Crippen LogP contribution is 2.54. The van der Waals surface area contributed by atoms with Gasteiger partial charge >= 0.3 is 0 Å². The van der Waals surface area contributed by atoms with Gasteiger partial charge in [-0.2, -0.15) is 0 Å². The number of hydrogen-bond donors (Lipinski definition) is 2. The zero-order chi connectivity index (χ0) is 14.2. The van der Waals surface area contributed by atoms with Crippen LogP contribution in [0.3, 0.4) is 0 Å². The Morgan fingerprint density at radius 1 is 1.25 bits per heavy atom. The summed E-state index contributed by atoms with van der Waals surface area (Å²) in [6, 6.07) is 3.47. The SMILES string of the molecule is NC(=NC1CCC12CCCC2)Nc1cc(F)ccc1F. The molecule has 1 spiro atoms. The van der Waals surface area contributed by atoms with Crippen LogP contribution in [0.1, 0.15) is 38.5 Å². The second-order valence-electron chi connectivity index (χ2n) is 5.89. The fourth-order valence-electron chi connectivity index (χ4n) is 3.48. The van der Waals surface area contributed by atoms with E-state index >= 15 is 0 Å². The van der Waals surface area contributed by atoms with Gasteiger partial charge in [0.15, 0.2) is 5.96 Å². The molecule has 5 heteroatoms. The summed E-state index contributed by atoms with van der Waals surface area (Å²) in [5.41, 5.74) is 6.20. The van der Waals surface area contributed by atoms with Crippen LogP contribution in [0.2, 0.25) is 0 Å². The van der Waals surface area contributed by atoms with E-state index in [1.54, 1.807) is 0 Å². The van der Waals surface area contributed by atoms with Gasteiger partial charge in [0.25, 0.3) is 0 Å². The Bertz CT molecular complexity index is 536. The summed E-state index contributed by atoms with van der Waals surface area (Å²) < 4.78 is 26.6. The molecule has 1 aromatic carbocycles. The third-order valence-electron chi connectivity index (χ3n) is 4.71. The van der Waals surface area contributed by atoms with E-state index in [-0.39, 0.29) is 17.7 Å². The fraction of sp³-hybridized carbons (Fsp3) is 0.533. The van der Waals surface area contributed by atoms with Crippen LogP contribution in [0.4, 0.5) is 14.5 Å². The van der Waals surface area contributed by atoms with Crippen molar-refractivity contribution in [1.82, 2.24) is 0 Å². The molecule has 3 nitrogen and oxygen atoms in total. The molecule has 2 aliphatic rings. The quantitative estimate of drug-likeness (QED) is 0.644. The Morgan fingerprint density at radius 2 is 2.00 bits per heavy atom. The van der Waals surface area contributed by atoms with Crippen molar-refractivity contribution in [2.24, 2.45) is 16.1 Å². The first kappa shape index (κ1) is 13.3.